The molecule has 0 aromatic heterocycles. The van der Waals surface area contributed by atoms with Crippen LogP contribution in [0.25, 0.3) is 0 Å². The first-order chi connectivity index (χ1) is 11.5. The zero-order valence-electron chi connectivity index (χ0n) is 13.0. The summed E-state index contributed by atoms with van der Waals surface area (Å²) in [5.41, 5.74) is 3.88. The Morgan fingerprint density at radius 1 is 0.800 bits per heavy atom. The molecule has 0 aliphatic heterocycles. The Kier molecular flexibility index (Phi) is 7.57. The molecule has 2 aromatic carbocycles. The summed E-state index contributed by atoms with van der Waals surface area (Å²) in [4.78, 5) is 20.2. The first-order valence-corrected chi connectivity index (χ1v) is 7.03. The van der Waals surface area contributed by atoms with Crippen molar-refractivity contribution in [2.24, 2.45) is 0 Å². The van der Waals surface area contributed by atoms with Gasteiger partial charge in [0.1, 0.15) is 24.7 Å². The molecule has 0 fully saturated rings. The third kappa shape index (κ3) is 6.24. The van der Waals surface area contributed by atoms with Crippen molar-refractivity contribution in [3.05, 3.63) is 68.8 Å². The number of rotatable bonds is 8. The first-order valence-electron chi connectivity index (χ1n) is 7.03. The Hall–Kier alpha value is -2.91. The van der Waals surface area contributed by atoms with E-state index in [1.807, 2.05) is 0 Å². The number of hydrogen-bond donors (Lipinski definition) is 1. The number of hydrogen-bond acceptors (Lipinski definition) is 6. The molecule has 0 bridgehead atoms. The number of non-ortho nitro benzene ring substituents is 2. The van der Waals surface area contributed by atoms with E-state index in [9.17, 15) is 20.2 Å². The number of benzene rings is 2. The lowest BCUT2D eigenvalue weighted by Crippen LogP contribution is -3.00. The van der Waals surface area contributed by atoms with Crippen molar-refractivity contribution in [3.8, 4) is 11.5 Å². The summed E-state index contributed by atoms with van der Waals surface area (Å²) in [5.74, 6) is 1.01. The van der Waals surface area contributed by atoms with Crippen LogP contribution >= 0.6 is 0 Å². The van der Waals surface area contributed by atoms with Gasteiger partial charge in [-0.2, -0.15) is 0 Å². The summed E-state index contributed by atoms with van der Waals surface area (Å²) in [7, 11) is 0. The highest BCUT2D eigenvalue weighted by molar-refractivity contribution is 5.36. The fourth-order valence-electron chi connectivity index (χ4n) is 1.80. The predicted octanol–water partition coefficient (Wildman–Crippen LogP) is -1.42. The van der Waals surface area contributed by atoms with Gasteiger partial charge in [-0.15, -0.1) is 0 Å². The molecule has 0 saturated carbocycles. The van der Waals surface area contributed by atoms with Gasteiger partial charge in [-0.1, -0.05) is 0 Å². The molecule has 0 aliphatic rings. The zero-order valence-corrected chi connectivity index (χ0v) is 13.8. The standard InChI is InChI=1S/C15H15N3O6.ClH/c16-11(9-23-14-5-1-12(2-6-14)17(19)20)10-24-15-7-3-13(4-8-15)18(21)22;/h1-8,11H,9-10,16H2;1H. The molecule has 0 aliphatic carbocycles. The molecule has 9 nitrogen and oxygen atoms in total. The number of nitro groups is 2. The maximum atomic E-state index is 10.6. The maximum Gasteiger partial charge on any atom is 0.269 e. The number of nitro benzene ring substituents is 2. The fourth-order valence-corrected chi connectivity index (χ4v) is 1.80. The molecule has 0 heterocycles. The monoisotopic (exact) mass is 369 g/mol. The quantitative estimate of drug-likeness (QED) is 0.448. The van der Waals surface area contributed by atoms with Crippen LogP contribution in [-0.2, 0) is 0 Å². The van der Waals surface area contributed by atoms with Gasteiger partial charge in [0.25, 0.3) is 11.4 Å². The van der Waals surface area contributed by atoms with Crippen molar-refractivity contribution >= 4 is 11.4 Å². The summed E-state index contributed by atoms with van der Waals surface area (Å²) >= 11 is 0. The molecule has 3 N–H and O–H groups in total. The van der Waals surface area contributed by atoms with E-state index < -0.39 is 9.85 Å². The van der Waals surface area contributed by atoms with Crippen molar-refractivity contribution in [2.45, 2.75) is 6.04 Å². The van der Waals surface area contributed by atoms with Crippen molar-refractivity contribution in [2.75, 3.05) is 13.2 Å². The Bertz CT molecular complexity index is 647. The summed E-state index contributed by atoms with van der Waals surface area (Å²) in [6.45, 7) is 0.537. The van der Waals surface area contributed by atoms with Crippen LogP contribution in [0.1, 0.15) is 0 Å². The SMILES string of the molecule is [Cl-].[NH3+]C(COc1ccc([N+](=O)[O-])cc1)COc1ccc([N+](=O)[O-])cc1. The van der Waals surface area contributed by atoms with E-state index in [1.54, 1.807) is 0 Å². The van der Waals surface area contributed by atoms with Gasteiger partial charge in [0.15, 0.2) is 6.04 Å². The number of ether oxygens (including phenoxy) is 2. The topological polar surface area (TPSA) is 132 Å². The predicted molar refractivity (Wildman–Crippen MR) is 83.9 cm³/mol. The highest BCUT2D eigenvalue weighted by Gasteiger charge is 2.11. The van der Waals surface area contributed by atoms with Crippen LogP contribution in [0.15, 0.2) is 48.5 Å². The van der Waals surface area contributed by atoms with Gasteiger partial charge < -0.3 is 27.6 Å². The van der Waals surface area contributed by atoms with Gasteiger partial charge in [-0.05, 0) is 24.3 Å². The van der Waals surface area contributed by atoms with Crippen LogP contribution in [0.4, 0.5) is 11.4 Å². The molecule has 0 spiro atoms. The second kappa shape index (κ2) is 9.40. The van der Waals surface area contributed by atoms with Gasteiger partial charge in [0.2, 0.25) is 0 Å². The van der Waals surface area contributed by atoms with Gasteiger partial charge >= 0.3 is 0 Å². The molecule has 0 atom stereocenters. The summed E-state index contributed by atoms with van der Waals surface area (Å²) in [6.07, 6.45) is 0. The van der Waals surface area contributed by atoms with Crippen LogP contribution in [-0.4, -0.2) is 29.1 Å². The first kappa shape index (κ1) is 20.1. The lowest BCUT2D eigenvalue weighted by Gasteiger charge is -2.12. The number of quaternary nitrogens is 1. The van der Waals surface area contributed by atoms with E-state index >= 15 is 0 Å². The second-order valence-corrected chi connectivity index (χ2v) is 4.99. The molecule has 0 unspecified atom stereocenters. The highest BCUT2D eigenvalue weighted by atomic mass is 35.5. The molecule has 0 amide bonds. The molecule has 134 valence electrons. The normalized spacial score (nSPS) is 10.0. The van der Waals surface area contributed by atoms with E-state index in [0.717, 1.165) is 0 Å². The minimum absolute atomic E-state index is 0. The fraction of sp³-hybridized carbons (Fsp3) is 0.200. The Morgan fingerprint density at radius 2 is 1.12 bits per heavy atom. The van der Waals surface area contributed by atoms with E-state index in [-0.39, 0.29) is 43.0 Å². The summed E-state index contributed by atoms with van der Waals surface area (Å²) in [6, 6.07) is 11.3. The number of halogens is 1. The summed E-state index contributed by atoms with van der Waals surface area (Å²) in [5, 5.41) is 21.1. The molecule has 2 aromatic rings. The maximum absolute atomic E-state index is 10.6. The van der Waals surface area contributed by atoms with Crippen LogP contribution in [0.2, 0.25) is 0 Å². The van der Waals surface area contributed by atoms with Gasteiger partial charge in [-0.25, -0.2) is 0 Å². The molecule has 10 heteroatoms. The Morgan fingerprint density at radius 3 is 1.40 bits per heavy atom. The van der Waals surface area contributed by atoms with E-state index in [2.05, 4.69) is 5.73 Å². The summed E-state index contributed by atoms with van der Waals surface area (Å²) < 4.78 is 11.0. The van der Waals surface area contributed by atoms with Crippen molar-refractivity contribution in [1.29, 1.82) is 0 Å². The smallest absolute Gasteiger partial charge is 0.269 e. The van der Waals surface area contributed by atoms with Crippen LogP contribution in [0, 0.1) is 20.2 Å². The van der Waals surface area contributed by atoms with Crippen LogP contribution in [0.3, 0.4) is 0 Å². The molecular formula is C15H16ClN3O6. The van der Waals surface area contributed by atoms with Gasteiger partial charge in [0, 0.05) is 24.3 Å². The lowest BCUT2D eigenvalue weighted by molar-refractivity contribution is -0.427. The molecule has 0 saturated heterocycles. The average Bonchev–Trinajstić information content (AvgIpc) is 2.58. The third-order valence-electron chi connectivity index (χ3n) is 3.07. The Balaban J connectivity index is 0.00000312. The van der Waals surface area contributed by atoms with Crippen molar-refractivity contribution in [3.63, 3.8) is 0 Å². The van der Waals surface area contributed by atoms with Crippen LogP contribution in [0.5, 0.6) is 11.5 Å². The molecule has 0 radical (unpaired) electrons. The van der Waals surface area contributed by atoms with E-state index in [0.29, 0.717) is 11.5 Å². The zero-order chi connectivity index (χ0) is 17.5. The molecule has 25 heavy (non-hydrogen) atoms. The van der Waals surface area contributed by atoms with E-state index in [1.165, 1.54) is 48.5 Å². The van der Waals surface area contributed by atoms with Crippen molar-refractivity contribution in [1.82, 2.24) is 0 Å². The lowest BCUT2D eigenvalue weighted by atomic mass is 10.3. The minimum atomic E-state index is -0.480. The molecular weight excluding hydrogens is 354 g/mol. The van der Waals surface area contributed by atoms with Crippen molar-refractivity contribution < 1.29 is 37.5 Å². The number of nitrogens with zero attached hydrogens (tertiary/aromatic N) is 2. The largest absolute Gasteiger partial charge is 1.00 e. The van der Waals surface area contributed by atoms with E-state index in [4.69, 9.17) is 9.47 Å². The minimum Gasteiger partial charge on any atom is -1.00 e. The Labute approximate surface area is 149 Å². The van der Waals surface area contributed by atoms with Crippen LogP contribution < -0.4 is 27.6 Å². The molecule has 2 rings (SSSR count). The van der Waals surface area contributed by atoms with Gasteiger partial charge in [-0.3, -0.25) is 20.2 Å². The highest BCUT2D eigenvalue weighted by Crippen LogP contribution is 2.18. The van der Waals surface area contributed by atoms with Gasteiger partial charge in [0.05, 0.1) is 9.85 Å². The average molecular weight is 370 g/mol. The third-order valence-corrected chi connectivity index (χ3v) is 3.07. The second-order valence-electron chi connectivity index (χ2n) is 4.99.